The van der Waals surface area contributed by atoms with Crippen molar-refractivity contribution in [3.8, 4) is 0 Å². The third kappa shape index (κ3) is 6.74. The zero-order valence-electron chi connectivity index (χ0n) is 24.5. The molecule has 4 atom stereocenters. The van der Waals surface area contributed by atoms with Crippen LogP contribution < -0.4 is 10.6 Å². The Morgan fingerprint density at radius 1 is 0.978 bits per heavy atom. The fraction of sp³-hybridized carbons (Fsp3) is 0.538. The molecule has 2 aliphatic rings. The Morgan fingerprint density at radius 2 is 1.69 bits per heavy atom. The molecule has 238 valence electrons. The number of hydrogen-bond acceptors (Lipinski definition) is 15. The first kappa shape index (κ1) is 30.8. The number of aryl methyl sites for hydroxylation is 1. The molecule has 1 saturated carbocycles. The molecule has 17 nitrogen and oxygen atoms in total. The van der Waals surface area contributed by atoms with E-state index in [-0.39, 0.29) is 28.5 Å². The van der Waals surface area contributed by atoms with Crippen molar-refractivity contribution >= 4 is 57.9 Å². The van der Waals surface area contributed by atoms with Crippen LogP contribution in [0, 0.1) is 0 Å². The van der Waals surface area contributed by atoms with Crippen LogP contribution in [-0.4, -0.2) is 85.9 Å². The molecule has 2 N–H and O–H groups in total. The molecule has 1 aliphatic carbocycles. The maximum atomic E-state index is 12.2. The molecule has 1 saturated heterocycles. The second kappa shape index (κ2) is 13.0. The summed E-state index contributed by atoms with van der Waals surface area (Å²) < 4.78 is 19.1. The molecule has 0 amide bonds. The van der Waals surface area contributed by atoms with Gasteiger partial charge in [0.25, 0.3) is 0 Å². The Bertz CT molecular complexity index is 1690. The summed E-state index contributed by atoms with van der Waals surface area (Å²) in [5.41, 5.74) is 0.756. The lowest BCUT2D eigenvalue weighted by atomic mass is 9.91. The first-order valence-corrected chi connectivity index (χ1v) is 15.1. The molecule has 1 unspecified atom stereocenters. The Labute approximate surface area is 266 Å². The number of carbonyl (C=O) groups is 2. The van der Waals surface area contributed by atoms with Crippen LogP contribution in [0.25, 0.3) is 11.2 Å². The highest BCUT2D eigenvalue weighted by Gasteiger charge is 2.53. The van der Waals surface area contributed by atoms with Crippen LogP contribution in [0.4, 0.5) is 11.6 Å². The van der Waals surface area contributed by atoms with Gasteiger partial charge < -0.3 is 24.8 Å². The smallest absolute Gasteiger partial charge is 0.303 e. The van der Waals surface area contributed by atoms with Gasteiger partial charge in [-0.25, -0.2) is 15.0 Å². The van der Waals surface area contributed by atoms with E-state index in [1.807, 2.05) is 6.92 Å². The fourth-order valence-electron chi connectivity index (χ4n) is 5.59. The summed E-state index contributed by atoms with van der Waals surface area (Å²) in [6.07, 6.45) is 2.34. The van der Waals surface area contributed by atoms with Crippen molar-refractivity contribution in [1.29, 1.82) is 0 Å². The summed E-state index contributed by atoms with van der Waals surface area (Å²) >= 11 is 12.3. The minimum absolute atomic E-state index is 0.0228. The second-order valence-corrected chi connectivity index (χ2v) is 11.3. The van der Waals surface area contributed by atoms with Gasteiger partial charge in [0, 0.05) is 32.1 Å². The lowest BCUT2D eigenvalue weighted by molar-refractivity contribution is -0.165. The topological polar surface area (TPSA) is 199 Å². The molecule has 1 aliphatic heterocycles. The number of esters is 2. The van der Waals surface area contributed by atoms with Gasteiger partial charge in [-0.05, 0) is 67.1 Å². The summed E-state index contributed by atoms with van der Waals surface area (Å²) in [5, 5.41) is 19.4. The number of aromatic nitrogens is 10. The number of imidazole rings is 1. The average Bonchev–Trinajstić information content (AvgIpc) is 3.72. The number of rotatable bonds is 9. The van der Waals surface area contributed by atoms with E-state index in [2.05, 4.69) is 51.0 Å². The van der Waals surface area contributed by atoms with E-state index in [0.717, 1.165) is 25.7 Å². The number of hydrogen-bond donors (Lipinski definition) is 2. The zero-order valence-corrected chi connectivity index (χ0v) is 26.0. The number of ether oxygens (including phenoxy) is 3. The molecule has 4 aromatic rings. The first-order valence-electron chi connectivity index (χ1n) is 14.4. The molecule has 45 heavy (non-hydrogen) atoms. The maximum Gasteiger partial charge on any atom is 0.303 e. The molecule has 4 aromatic heterocycles. The highest BCUT2D eigenvalue weighted by molar-refractivity contribution is 6.28. The van der Waals surface area contributed by atoms with Crippen molar-refractivity contribution in [2.75, 3.05) is 10.6 Å². The Kier molecular flexibility index (Phi) is 8.91. The van der Waals surface area contributed by atoms with Crippen LogP contribution >= 0.6 is 23.2 Å². The number of carbonyl (C=O) groups excluding carboxylic acids is 2. The molecule has 0 aromatic carbocycles. The third-order valence-corrected chi connectivity index (χ3v) is 7.86. The lowest BCUT2D eigenvalue weighted by Gasteiger charge is -2.30. The molecule has 6 rings (SSSR count). The molecule has 5 heterocycles. The zero-order chi connectivity index (χ0) is 31.7. The van der Waals surface area contributed by atoms with E-state index >= 15 is 0 Å². The number of halogens is 2. The van der Waals surface area contributed by atoms with Crippen LogP contribution in [0.15, 0.2) is 18.6 Å². The summed E-state index contributed by atoms with van der Waals surface area (Å²) in [6.45, 7) is 4.81. The summed E-state index contributed by atoms with van der Waals surface area (Å²) in [6, 6.07) is 2.11. The van der Waals surface area contributed by atoms with Crippen molar-refractivity contribution in [3.05, 3.63) is 35.0 Å². The Morgan fingerprint density at radius 3 is 2.36 bits per heavy atom. The molecule has 19 heteroatoms. The molecular formula is C26H30Cl2N12O5. The first-order chi connectivity index (χ1) is 21.7. The summed E-state index contributed by atoms with van der Waals surface area (Å²) in [5.74, 6) is 0.0863. The number of nitrogens with zero attached hydrogens (tertiary/aromatic N) is 10. The van der Waals surface area contributed by atoms with Gasteiger partial charge in [0.1, 0.15) is 5.82 Å². The summed E-state index contributed by atoms with van der Waals surface area (Å²) in [7, 11) is 0. The van der Waals surface area contributed by atoms with Crippen LogP contribution in [0.2, 0.25) is 10.6 Å². The molecular weight excluding hydrogens is 631 g/mol. The SMILES string of the molecule is CCn1nnc([C@H]2O[C@@H](n3cnc4c(NC5CCC(Nc6ccnc(Cl)n6)CC5)nc(Cl)nc43)[C@H](OC(C)=O)C2OC(C)=O)n1. The monoisotopic (exact) mass is 660 g/mol. The van der Waals surface area contributed by atoms with Crippen LogP contribution in [-0.2, 0) is 30.3 Å². The van der Waals surface area contributed by atoms with E-state index in [9.17, 15) is 9.59 Å². The van der Waals surface area contributed by atoms with Crippen LogP contribution in [0.3, 0.4) is 0 Å². The fourth-order valence-corrected chi connectivity index (χ4v) is 5.90. The number of nitrogens with one attached hydrogen (secondary N) is 2. The number of tetrazole rings is 1. The van der Waals surface area contributed by atoms with Gasteiger partial charge in [0.2, 0.25) is 16.4 Å². The largest absolute Gasteiger partial charge is 0.455 e. The van der Waals surface area contributed by atoms with Crippen molar-refractivity contribution in [2.24, 2.45) is 0 Å². The lowest BCUT2D eigenvalue weighted by Crippen LogP contribution is -2.37. The van der Waals surface area contributed by atoms with Gasteiger partial charge in [-0.3, -0.25) is 14.2 Å². The minimum atomic E-state index is -1.10. The third-order valence-electron chi connectivity index (χ3n) is 7.51. The van der Waals surface area contributed by atoms with Crippen molar-refractivity contribution in [1.82, 2.24) is 49.7 Å². The van der Waals surface area contributed by atoms with Gasteiger partial charge in [-0.1, -0.05) is 0 Å². The Balaban J connectivity index is 1.25. The number of fused-ring (bicyclic) bond motifs is 1. The van der Waals surface area contributed by atoms with Crippen LogP contribution in [0.5, 0.6) is 0 Å². The van der Waals surface area contributed by atoms with Crippen molar-refractivity contribution < 1.29 is 23.8 Å². The highest BCUT2D eigenvalue weighted by Crippen LogP contribution is 2.42. The molecule has 2 fully saturated rings. The van der Waals surface area contributed by atoms with Gasteiger partial charge >= 0.3 is 11.9 Å². The van der Waals surface area contributed by atoms with Crippen LogP contribution in [0.1, 0.15) is 64.6 Å². The van der Waals surface area contributed by atoms with Crippen molar-refractivity contribution in [2.45, 2.75) is 89.6 Å². The minimum Gasteiger partial charge on any atom is -0.455 e. The molecule has 0 radical (unpaired) electrons. The normalized spacial score (nSPS) is 24.8. The molecule has 0 spiro atoms. The standard InChI is InChI=1S/C26H30Cl2N12O5/c1-4-40-37-22(36-38-40)19-18(43-12(2)41)20(44-13(3)42)24(45-19)39-11-30-17-21(34-26(28)35-23(17)39)32-15-7-5-14(6-8-15)31-16-9-10-29-25(27)33-16/h9-11,14-15,18-20,24H,4-8H2,1-3H3,(H,29,31,33)(H,32,34,35)/t14?,15?,18?,19-,20+,24+/m0/s1. The predicted octanol–water partition coefficient (Wildman–Crippen LogP) is 2.90. The second-order valence-electron chi connectivity index (χ2n) is 10.6. The van der Waals surface area contributed by atoms with E-state index in [1.165, 1.54) is 25.0 Å². The quantitative estimate of drug-likeness (QED) is 0.196. The molecule has 0 bridgehead atoms. The van der Waals surface area contributed by atoms with E-state index in [0.29, 0.717) is 29.3 Å². The average molecular weight is 662 g/mol. The summed E-state index contributed by atoms with van der Waals surface area (Å²) in [4.78, 5) is 47.2. The van der Waals surface area contributed by atoms with Gasteiger partial charge in [0.15, 0.2) is 41.5 Å². The van der Waals surface area contributed by atoms with Gasteiger partial charge in [-0.2, -0.15) is 14.8 Å². The van der Waals surface area contributed by atoms with Crippen molar-refractivity contribution in [3.63, 3.8) is 0 Å². The van der Waals surface area contributed by atoms with E-state index in [1.54, 1.807) is 16.8 Å². The van der Waals surface area contributed by atoms with E-state index in [4.69, 9.17) is 37.4 Å². The van der Waals surface area contributed by atoms with E-state index < -0.39 is 36.5 Å². The highest BCUT2D eigenvalue weighted by atomic mass is 35.5. The Hall–Kier alpha value is -4.22. The maximum absolute atomic E-state index is 12.2. The van der Waals surface area contributed by atoms with Gasteiger partial charge in [-0.15, -0.1) is 10.2 Å². The number of anilines is 2. The predicted molar refractivity (Wildman–Crippen MR) is 158 cm³/mol. The van der Waals surface area contributed by atoms with Gasteiger partial charge in [0.05, 0.1) is 12.9 Å².